The van der Waals surface area contributed by atoms with Crippen LogP contribution >= 0.6 is 11.6 Å². The third-order valence-corrected chi connectivity index (χ3v) is 1.90. The lowest BCUT2D eigenvalue weighted by Crippen LogP contribution is -2.24. The van der Waals surface area contributed by atoms with Crippen molar-refractivity contribution in [3.05, 3.63) is 28.8 Å². The fourth-order valence-corrected chi connectivity index (χ4v) is 1.04. The van der Waals surface area contributed by atoms with E-state index in [9.17, 15) is 4.79 Å². The van der Waals surface area contributed by atoms with Crippen molar-refractivity contribution in [2.24, 2.45) is 0 Å². The quantitative estimate of drug-likeness (QED) is 0.743. The molecule has 0 atom stereocenters. The Kier molecular flexibility index (Phi) is 3.32. The molecule has 0 spiro atoms. The SMILES string of the molecule is CNC(=O)Nc1cc(C#N)ccc1Cl. The van der Waals surface area contributed by atoms with Gasteiger partial charge in [0.15, 0.2) is 0 Å². The highest BCUT2D eigenvalue weighted by Crippen LogP contribution is 2.22. The summed E-state index contributed by atoms with van der Waals surface area (Å²) in [7, 11) is 1.50. The van der Waals surface area contributed by atoms with E-state index < -0.39 is 0 Å². The van der Waals surface area contributed by atoms with E-state index in [-0.39, 0.29) is 6.03 Å². The van der Waals surface area contributed by atoms with E-state index in [0.29, 0.717) is 16.3 Å². The molecule has 2 N–H and O–H groups in total. The molecule has 0 heterocycles. The maximum atomic E-state index is 11.0. The highest BCUT2D eigenvalue weighted by molar-refractivity contribution is 6.33. The minimum Gasteiger partial charge on any atom is -0.341 e. The molecule has 0 aliphatic carbocycles. The Balaban J connectivity index is 2.96. The van der Waals surface area contributed by atoms with Gasteiger partial charge in [0.05, 0.1) is 22.3 Å². The lowest BCUT2D eigenvalue weighted by atomic mass is 10.2. The van der Waals surface area contributed by atoms with Crippen molar-refractivity contribution in [1.29, 1.82) is 5.26 Å². The van der Waals surface area contributed by atoms with Gasteiger partial charge in [0, 0.05) is 7.05 Å². The van der Waals surface area contributed by atoms with Crippen LogP contribution in [0.2, 0.25) is 5.02 Å². The predicted octanol–water partition coefficient (Wildman–Crippen LogP) is 1.96. The van der Waals surface area contributed by atoms with Gasteiger partial charge in [-0.3, -0.25) is 0 Å². The third kappa shape index (κ3) is 2.38. The van der Waals surface area contributed by atoms with Crippen molar-refractivity contribution in [2.75, 3.05) is 12.4 Å². The zero-order valence-electron chi connectivity index (χ0n) is 7.47. The zero-order valence-corrected chi connectivity index (χ0v) is 8.22. The highest BCUT2D eigenvalue weighted by atomic mass is 35.5. The number of nitrogens with zero attached hydrogens (tertiary/aromatic N) is 1. The van der Waals surface area contributed by atoms with E-state index in [4.69, 9.17) is 16.9 Å². The first kappa shape index (κ1) is 10.4. The Morgan fingerprint density at radius 2 is 2.29 bits per heavy atom. The standard InChI is InChI=1S/C9H8ClN3O/c1-12-9(14)13-8-4-6(5-11)2-3-7(8)10/h2-4H,1H3,(H2,12,13,14). The number of carbonyl (C=O) groups is 1. The lowest BCUT2D eigenvalue weighted by molar-refractivity contribution is 0.254. The van der Waals surface area contributed by atoms with Gasteiger partial charge in [0.2, 0.25) is 0 Å². The fourth-order valence-electron chi connectivity index (χ4n) is 0.875. The topological polar surface area (TPSA) is 64.9 Å². The maximum Gasteiger partial charge on any atom is 0.319 e. The van der Waals surface area contributed by atoms with Crippen LogP contribution in [-0.2, 0) is 0 Å². The van der Waals surface area contributed by atoms with Gasteiger partial charge in [-0.1, -0.05) is 11.6 Å². The van der Waals surface area contributed by atoms with Gasteiger partial charge < -0.3 is 10.6 Å². The average Bonchev–Trinajstić information content (AvgIpc) is 2.21. The average molecular weight is 210 g/mol. The number of nitriles is 1. The summed E-state index contributed by atoms with van der Waals surface area (Å²) in [6.07, 6.45) is 0. The number of carbonyl (C=O) groups excluding carboxylic acids is 1. The van der Waals surface area contributed by atoms with Gasteiger partial charge >= 0.3 is 6.03 Å². The molecule has 2 amide bonds. The predicted molar refractivity (Wildman–Crippen MR) is 54.2 cm³/mol. The summed E-state index contributed by atoms with van der Waals surface area (Å²) in [5.41, 5.74) is 0.867. The summed E-state index contributed by atoms with van der Waals surface area (Å²) in [4.78, 5) is 11.0. The Hall–Kier alpha value is -1.73. The Labute approximate surface area is 86.5 Å². The number of urea groups is 1. The Morgan fingerprint density at radius 3 is 2.86 bits per heavy atom. The number of hydrogen-bond acceptors (Lipinski definition) is 2. The van der Waals surface area contributed by atoms with Crippen LogP contribution in [0.1, 0.15) is 5.56 Å². The van der Waals surface area contributed by atoms with E-state index in [1.807, 2.05) is 6.07 Å². The third-order valence-electron chi connectivity index (χ3n) is 1.57. The number of nitrogens with one attached hydrogen (secondary N) is 2. The van der Waals surface area contributed by atoms with Crippen LogP contribution in [0.15, 0.2) is 18.2 Å². The molecule has 14 heavy (non-hydrogen) atoms. The van der Waals surface area contributed by atoms with Gasteiger partial charge in [-0.25, -0.2) is 4.79 Å². The Morgan fingerprint density at radius 1 is 1.57 bits per heavy atom. The van der Waals surface area contributed by atoms with E-state index in [2.05, 4.69) is 10.6 Å². The summed E-state index contributed by atoms with van der Waals surface area (Å²) in [5.74, 6) is 0. The van der Waals surface area contributed by atoms with Crippen LogP contribution in [0.25, 0.3) is 0 Å². The second kappa shape index (κ2) is 4.49. The summed E-state index contributed by atoms with van der Waals surface area (Å²) < 4.78 is 0. The van der Waals surface area contributed by atoms with Crippen molar-refractivity contribution >= 4 is 23.3 Å². The number of rotatable bonds is 1. The van der Waals surface area contributed by atoms with E-state index in [1.165, 1.54) is 13.1 Å². The van der Waals surface area contributed by atoms with Crippen LogP contribution in [0.3, 0.4) is 0 Å². The summed E-state index contributed by atoms with van der Waals surface area (Å²) in [6.45, 7) is 0. The van der Waals surface area contributed by atoms with Crippen LogP contribution in [0.5, 0.6) is 0 Å². The van der Waals surface area contributed by atoms with Crippen LogP contribution < -0.4 is 10.6 Å². The molecule has 0 aliphatic heterocycles. The molecule has 0 radical (unpaired) electrons. The smallest absolute Gasteiger partial charge is 0.319 e. The van der Waals surface area contributed by atoms with Gasteiger partial charge in [-0.15, -0.1) is 0 Å². The van der Waals surface area contributed by atoms with E-state index in [1.54, 1.807) is 12.1 Å². The fraction of sp³-hybridized carbons (Fsp3) is 0.111. The molecule has 0 aliphatic rings. The van der Waals surface area contributed by atoms with Crippen molar-refractivity contribution in [3.8, 4) is 6.07 Å². The van der Waals surface area contributed by atoms with Crippen molar-refractivity contribution in [3.63, 3.8) is 0 Å². The number of halogens is 1. The summed E-state index contributed by atoms with van der Waals surface area (Å²) in [6, 6.07) is 6.24. The largest absolute Gasteiger partial charge is 0.341 e. The molecular weight excluding hydrogens is 202 g/mol. The van der Waals surface area contributed by atoms with Crippen molar-refractivity contribution in [2.45, 2.75) is 0 Å². The minimum absolute atomic E-state index is 0.373. The second-order valence-electron chi connectivity index (χ2n) is 2.51. The van der Waals surface area contributed by atoms with Crippen LogP contribution in [-0.4, -0.2) is 13.1 Å². The first-order chi connectivity index (χ1) is 6.67. The number of anilines is 1. The van der Waals surface area contributed by atoms with Crippen molar-refractivity contribution in [1.82, 2.24) is 5.32 Å². The first-order valence-electron chi connectivity index (χ1n) is 3.85. The molecule has 1 aromatic carbocycles. The molecule has 5 heteroatoms. The van der Waals surface area contributed by atoms with Crippen LogP contribution in [0.4, 0.5) is 10.5 Å². The Bertz CT molecular complexity index is 398. The number of benzene rings is 1. The highest BCUT2D eigenvalue weighted by Gasteiger charge is 2.04. The molecule has 72 valence electrons. The maximum absolute atomic E-state index is 11.0. The van der Waals surface area contributed by atoms with E-state index in [0.717, 1.165) is 0 Å². The molecule has 0 saturated carbocycles. The van der Waals surface area contributed by atoms with Gasteiger partial charge in [0.1, 0.15) is 0 Å². The monoisotopic (exact) mass is 209 g/mol. The molecule has 4 nitrogen and oxygen atoms in total. The number of hydrogen-bond donors (Lipinski definition) is 2. The molecule has 0 fully saturated rings. The van der Waals surface area contributed by atoms with Crippen LogP contribution in [0, 0.1) is 11.3 Å². The van der Waals surface area contributed by atoms with Gasteiger partial charge in [-0.05, 0) is 18.2 Å². The molecular formula is C9H8ClN3O. The molecule has 1 aromatic rings. The molecule has 0 unspecified atom stereocenters. The molecule has 1 rings (SSSR count). The van der Waals surface area contributed by atoms with Gasteiger partial charge in [-0.2, -0.15) is 5.26 Å². The van der Waals surface area contributed by atoms with E-state index >= 15 is 0 Å². The molecule has 0 aromatic heterocycles. The zero-order chi connectivity index (χ0) is 10.6. The van der Waals surface area contributed by atoms with Gasteiger partial charge in [0.25, 0.3) is 0 Å². The lowest BCUT2D eigenvalue weighted by Gasteiger charge is -2.06. The van der Waals surface area contributed by atoms with Crippen molar-refractivity contribution < 1.29 is 4.79 Å². The molecule has 0 bridgehead atoms. The number of amides is 2. The molecule has 0 saturated heterocycles. The summed E-state index contributed by atoms with van der Waals surface area (Å²) >= 11 is 5.80. The second-order valence-corrected chi connectivity index (χ2v) is 2.92. The summed E-state index contributed by atoms with van der Waals surface area (Å²) in [5, 5.41) is 13.9. The first-order valence-corrected chi connectivity index (χ1v) is 4.23. The minimum atomic E-state index is -0.373. The normalized spacial score (nSPS) is 8.93.